The second-order valence-corrected chi connectivity index (χ2v) is 3.11. The van der Waals surface area contributed by atoms with Gasteiger partial charge >= 0.3 is 0 Å². The van der Waals surface area contributed by atoms with Gasteiger partial charge in [0.05, 0.1) is 0 Å². The number of hydrogen-bond donors (Lipinski definition) is 2. The highest BCUT2D eigenvalue weighted by atomic mass is 19.3. The summed E-state index contributed by atoms with van der Waals surface area (Å²) in [5, 5.41) is 15.2. The quantitative estimate of drug-likeness (QED) is 0.755. The second kappa shape index (κ2) is 30.1. The first-order valence-electron chi connectivity index (χ1n) is 6.70. The van der Waals surface area contributed by atoms with Gasteiger partial charge in [-0.2, -0.15) is 0 Å². The molecule has 0 aromatic heterocycles. The summed E-state index contributed by atoms with van der Waals surface area (Å²) in [6.45, 7) is 13.9. The highest BCUT2D eigenvalue weighted by Gasteiger charge is 1.94. The van der Waals surface area contributed by atoms with Crippen LogP contribution in [0.3, 0.4) is 0 Å². The fourth-order valence-electron chi connectivity index (χ4n) is 0.922. The van der Waals surface area contributed by atoms with Gasteiger partial charge in [0.2, 0.25) is 6.93 Å². The summed E-state index contributed by atoms with van der Waals surface area (Å²) in [5.41, 5.74) is 0. The molecule has 0 aliphatic carbocycles. The van der Waals surface area contributed by atoms with Gasteiger partial charge in [-0.3, -0.25) is 0 Å². The number of aliphatic hydroxyl groups excluding tert-OH is 1. The van der Waals surface area contributed by atoms with Crippen LogP contribution in [0.25, 0.3) is 0 Å². The predicted octanol–water partition coefficient (Wildman–Crippen LogP) is 3.35. The van der Waals surface area contributed by atoms with Gasteiger partial charge in [0.1, 0.15) is 6.29 Å². The van der Waals surface area contributed by atoms with Crippen molar-refractivity contribution in [1.82, 2.24) is 4.90 Å². The molecule has 0 radical (unpaired) electrons. The largest absolute Gasteiger partial charge is 0.368 e. The number of nitrogens with zero attached hydrogens (tertiary/aromatic N) is 1. The molecule has 0 saturated heterocycles. The van der Waals surface area contributed by atoms with Crippen molar-refractivity contribution in [3.63, 3.8) is 0 Å². The lowest BCUT2D eigenvalue weighted by Crippen LogP contribution is -2.23. The molecule has 18 heavy (non-hydrogen) atoms. The van der Waals surface area contributed by atoms with Gasteiger partial charge in [-0.05, 0) is 33.0 Å². The maximum absolute atomic E-state index is 9.62. The van der Waals surface area contributed by atoms with E-state index in [-0.39, 0.29) is 0 Å². The maximum Gasteiger partial charge on any atom is 0.229 e. The Morgan fingerprint density at radius 3 is 1.44 bits per heavy atom. The lowest BCUT2D eigenvalue weighted by molar-refractivity contribution is -0.0228. The van der Waals surface area contributed by atoms with E-state index in [9.17, 15) is 8.78 Å². The molecular weight excluding hydrogens is 240 g/mol. The smallest absolute Gasteiger partial charge is 0.229 e. The van der Waals surface area contributed by atoms with Crippen molar-refractivity contribution in [3.8, 4) is 0 Å². The summed E-state index contributed by atoms with van der Waals surface area (Å²) < 4.78 is 19.2. The maximum atomic E-state index is 9.62. The van der Waals surface area contributed by atoms with Crippen molar-refractivity contribution in [2.45, 2.75) is 60.7 Å². The Bertz CT molecular complexity index is 100. The molecule has 0 rings (SSSR count). The molecule has 0 atom stereocenters. The number of unbranched alkanes of at least 4 members (excludes halogenated alkanes) is 1. The fraction of sp³-hybridized carbons (Fsp3) is 1.00. The first-order valence-corrected chi connectivity index (χ1v) is 6.70. The Morgan fingerprint density at radius 1 is 1.00 bits per heavy atom. The molecule has 0 aliphatic rings. The standard InChI is InChI=1S/C8H19N.C2H6O2.C2H6.CH2F2/c1-4-7-8-9(5-2)6-3;1-2(3)4;1-2;2-1-3/h4-8H2,1-3H3;2-4H,1H3;1-2H3;1H2. The average molecular weight is 273 g/mol. The van der Waals surface area contributed by atoms with Crippen molar-refractivity contribution >= 4 is 0 Å². The van der Waals surface area contributed by atoms with Gasteiger partial charge in [0, 0.05) is 0 Å². The highest BCUT2D eigenvalue weighted by Crippen LogP contribution is 1.92. The summed E-state index contributed by atoms with van der Waals surface area (Å²) in [5.74, 6) is 0. The van der Waals surface area contributed by atoms with Gasteiger partial charge in [0.15, 0.2) is 0 Å². The van der Waals surface area contributed by atoms with E-state index >= 15 is 0 Å². The van der Waals surface area contributed by atoms with Gasteiger partial charge in [0.25, 0.3) is 0 Å². The van der Waals surface area contributed by atoms with Gasteiger partial charge in [-0.1, -0.05) is 41.0 Å². The van der Waals surface area contributed by atoms with Crippen LogP contribution in [0.1, 0.15) is 54.4 Å². The molecular formula is C13H33F2NO2. The zero-order chi connectivity index (χ0) is 15.4. The molecule has 0 spiro atoms. The normalized spacial score (nSPS) is 8.67. The summed E-state index contributed by atoms with van der Waals surface area (Å²) in [6.07, 6.45) is 1.50. The van der Waals surface area contributed by atoms with Crippen LogP contribution >= 0.6 is 0 Å². The van der Waals surface area contributed by atoms with E-state index in [0.29, 0.717) is 0 Å². The van der Waals surface area contributed by atoms with E-state index in [1.807, 2.05) is 13.8 Å². The highest BCUT2D eigenvalue weighted by molar-refractivity contribution is 4.49. The van der Waals surface area contributed by atoms with Crippen LogP contribution in [0.5, 0.6) is 0 Å². The van der Waals surface area contributed by atoms with Crippen LogP contribution in [0.2, 0.25) is 0 Å². The molecule has 2 N–H and O–H groups in total. The third kappa shape index (κ3) is 57.1. The third-order valence-electron chi connectivity index (χ3n) is 1.72. The lowest BCUT2D eigenvalue weighted by Gasteiger charge is -2.16. The average Bonchev–Trinajstić information content (AvgIpc) is 2.33. The first kappa shape index (κ1) is 26.3. The minimum atomic E-state index is -1.75. The Hall–Kier alpha value is -0.260. The van der Waals surface area contributed by atoms with E-state index in [1.54, 1.807) is 0 Å². The van der Waals surface area contributed by atoms with Crippen molar-refractivity contribution < 1.29 is 19.0 Å². The van der Waals surface area contributed by atoms with E-state index in [2.05, 4.69) is 25.7 Å². The van der Waals surface area contributed by atoms with Crippen LogP contribution < -0.4 is 0 Å². The Kier molecular flexibility index (Phi) is 44.0. The van der Waals surface area contributed by atoms with Crippen molar-refractivity contribution in [3.05, 3.63) is 0 Å². The van der Waals surface area contributed by atoms with Crippen molar-refractivity contribution in [2.75, 3.05) is 26.6 Å². The number of rotatable bonds is 5. The third-order valence-corrected chi connectivity index (χ3v) is 1.72. The van der Waals surface area contributed by atoms with Gasteiger partial charge in [-0.15, -0.1) is 0 Å². The second-order valence-electron chi connectivity index (χ2n) is 3.11. The number of hydrogen-bond acceptors (Lipinski definition) is 3. The minimum absolute atomic E-state index is 1.17. The van der Waals surface area contributed by atoms with Crippen molar-refractivity contribution in [1.29, 1.82) is 0 Å². The molecule has 0 aliphatic heterocycles. The van der Waals surface area contributed by atoms with E-state index in [1.165, 1.54) is 39.4 Å². The van der Waals surface area contributed by atoms with E-state index in [0.717, 1.165) is 0 Å². The lowest BCUT2D eigenvalue weighted by atomic mass is 10.3. The summed E-state index contributed by atoms with van der Waals surface area (Å²) in [7, 11) is 0. The molecule has 0 bridgehead atoms. The summed E-state index contributed by atoms with van der Waals surface area (Å²) in [4.78, 5) is 2.46. The zero-order valence-electron chi connectivity index (χ0n) is 12.9. The Morgan fingerprint density at radius 2 is 1.28 bits per heavy atom. The fourth-order valence-corrected chi connectivity index (χ4v) is 0.922. The molecule has 0 fully saturated rings. The van der Waals surface area contributed by atoms with Crippen LogP contribution in [-0.4, -0.2) is 48.0 Å². The SMILES string of the molecule is CC.CC(O)O.CCCCN(CC)CC.FCF. The predicted molar refractivity (Wildman–Crippen MR) is 75.0 cm³/mol. The number of aliphatic hydroxyl groups is 2. The van der Waals surface area contributed by atoms with Crippen LogP contribution in [-0.2, 0) is 0 Å². The van der Waals surface area contributed by atoms with Gasteiger partial charge in [-0.25, -0.2) is 8.78 Å². The van der Waals surface area contributed by atoms with Crippen LogP contribution in [0.15, 0.2) is 0 Å². The molecule has 0 saturated carbocycles. The van der Waals surface area contributed by atoms with Crippen LogP contribution in [0, 0.1) is 0 Å². The monoisotopic (exact) mass is 273 g/mol. The van der Waals surface area contributed by atoms with E-state index < -0.39 is 13.2 Å². The van der Waals surface area contributed by atoms with Gasteiger partial charge < -0.3 is 15.1 Å². The van der Waals surface area contributed by atoms with Crippen LogP contribution in [0.4, 0.5) is 8.78 Å². The van der Waals surface area contributed by atoms with Crippen molar-refractivity contribution in [2.24, 2.45) is 0 Å². The number of alkyl halides is 2. The topological polar surface area (TPSA) is 43.7 Å². The Labute approximate surface area is 112 Å². The molecule has 116 valence electrons. The molecule has 3 nitrogen and oxygen atoms in total. The zero-order valence-corrected chi connectivity index (χ0v) is 12.9. The molecule has 0 aromatic carbocycles. The number of halogens is 2. The molecule has 0 amide bonds. The molecule has 0 aromatic rings. The first-order chi connectivity index (χ1) is 8.49. The molecule has 0 unspecified atom stereocenters. The summed E-state index contributed by atoms with van der Waals surface area (Å²) >= 11 is 0. The molecule has 5 heteroatoms. The molecule has 0 heterocycles. The Balaban J connectivity index is -0.0000000909. The summed E-state index contributed by atoms with van der Waals surface area (Å²) in [6, 6.07) is 0. The van der Waals surface area contributed by atoms with E-state index in [4.69, 9.17) is 10.2 Å². The minimum Gasteiger partial charge on any atom is -0.368 e.